The number of benzene rings is 3. The molecule has 0 bridgehead atoms. The smallest absolute Gasteiger partial charge is 0.349 e. The zero-order valence-corrected chi connectivity index (χ0v) is 16.1. The molecule has 7 heteroatoms. The SMILES string of the molecule is O=C(Nc1cccc(-c2nc3cc(Cl)ccc3o2)c1)c1cc2ccccc2oc1=O. The van der Waals surface area contributed by atoms with E-state index in [4.69, 9.17) is 20.4 Å². The molecule has 2 heterocycles. The maximum Gasteiger partial charge on any atom is 0.349 e. The minimum absolute atomic E-state index is 0.0735. The van der Waals surface area contributed by atoms with Crippen molar-refractivity contribution >= 4 is 45.3 Å². The number of oxazole rings is 1. The number of fused-ring (bicyclic) bond motifs is 2. The summed E-state index contributed by atoms with van der Waals surface area (Å²) in [4.78, 5) is 29.3. The number of rotatable bonds is 3. The van der Waals surface area contributed by atoms with Crippen molar-refractivity contribution in [1.82, 2.24) is 4.98 Å². The van der Waals surface area contributed by atoms with Gasteiger partial charge in [-0.2, -0.15) is 0 Å². The number of amides is 1. The Morgan fingerprint density at radius 1 is 0.900 bits per heavy atom. The lowest BCUT2D eigenvalue weighted by Crippen LogP contribution is -2.20. The van der Waals surface area contributed by atoms with Crippen LogP contribution in [-0.4, -0.2) is 10.9 Å². The third kappa shape index (κ3) is 3.33. The summed E-state index contributed by atoms with van der Waals surface area (Å²) in [5.41, 5.74) is 2.07. The van der Waals surface area contributed by atoms with Gasteiger partial charge in [0.05, 0.1) is 0 Å². The molecule has 0 spiro atoms. The second-order valence-electron chi connectivity index (χ2n) is 6.65. The third-order valence-corrected chi connectivity index (χ3v) is 4.84. The van der Waals surface area contributed by atoms with Gasteiger partial charge in [0.25, 0.3) is 5.91 Å². The molecule has 6 nitrogen and oxygen atoms in total. The number of carbonyl (C=O) groups excluding carboxylic acids is 1. The van der Waals surface area contributed by atoms with Crippen molar-refractivity contribution in [3.63, 3.8) is 0 Å². The van der Waals surface area contributed by atoms with Crippen LogP contribution in [0.4, 0.5) is 5.69 Å². The summed E-state index contributed by atoms with van der Waals surface area (Å²) < 4.78 is 11.0. The Labute approximate surface area is 174 Å². The highest BCUT2D eigenvalue weighted by molar-refractivity contribution is 6.31. The Bertz CT molecular complexity index is 1490. The van der Waals surface area contributed by atoms with Gasteiger partial charge in [-0.25, -0.2) is 9.78 Å². The van der Waals surface area contributed by atoms with Gasteiger partial charge in [-0.15, -0.1) is 0 Å². The molecule has 0 saturated carbocycles. The van der Waals surface area contributed by atoms with Crippen molar-refractivity contribution in [3.05, 3.63) is 93.8 Å². The van der Waals surface area contributed by atoms with E-state index in [9.17, 15) is 9.59 Å². The Morgan fingerprint density at radius 3 is 2.67 bits per heavy atom. The first-order chi connectivity index (χ1) is 14.6. The van der Waals surface area contributed by atoms with Gasteiger partial charge in [-0.3, -0.25) is 4.79 Å². The van der Waals surface area contributed by atoms with E-state index < -0.39 is 11.5 Å². The molecule has 5 rings (SSSR count). The number of nitrogens with zero attached hydrogens (tertiary/aromatic N) is 1. The van der Waals surface area contributed by atoms with Gasteiger partial charge in [-0.1, -0.05) is 35.9 Å². The van der Waals surface area contributed by atoms with Crippen LogP contribution in [0.3, 0.4) is 0 Å². The van der Waals surface area contributed by atoms with E-state index in [2.05, 4.69) is 10.3 Å². The van der Waals surface area contributed by atoms with Crippen LogP contribution in [0.15, 0.2) is 86.4 Å². The van der Waals surface area contributed by atoms with E-state index >= 15 is 0 Å². The monoisotopic (exact) mass is 416 g/mol. The van der Waals surface area contributed by atoms with Crippen molar-refractivity contribution in [2.24, 2.45) is 0 Å². The van der Waals surface area contributed by atoms with Crippen molar-refractivity contribution in [2.75, 3.05) is 5.32 Å². The highest BCUT2D eigenvalue weighted by Gasteiger charge is 2.15. The molecule has 3 aromatic carbocycles. The van der Waals surface area contributed by atoms with Gasteiger partial charge in [-0.05, 0) is 48.5 Å². The number of anilines is 1. The number of para-hydroxylation sites is 1. The summed E-state index contributed by atoms with van der Waals surface area (Å²) in [5.74, 6) is -0.162. The molecule has 0 saturated heterocycles. The van der Waals surface area contributed by atoms with E-state index in [1.54, 1.807) is 60.7 Å². The molecule has 1 N–H and O–H groups in total. The van der Waals surface area contributed by atoms with Crippen LogP contribution in [0.2, 0.25) is 5.02 Å². The highest BCUT2D eigenvalue weighted by Crippen LogP contribution is 2.28. The lowest BCUT2D eigenvalue weighted by atomic mass is 10.1. The molecule has 0 aliphatic carbocycles. The molecular formula is C23H13ClN2O4. The number of hydrogen-bond acceptors (Lipinski definition) is 5. The van der Waals surface area contributed by atoms with Crippen LogP contribution in [0.5, 0.6) is 0 Å². The lowest BCUT2D eigenvalue weighted by molar-refractivity contribution is 0.102. The number of aromatic nitrogens is 1. The number of carbonyl (C=O) groups is 1. The van der Waals surface area contributed by atoms with Crippen molar-refractivity contribution in [3.8, 4) is 11.5 Å². The van der Waals surface area contributed by atoms with Gasteiger partial charge < -0.3 is 14.2 Å². The minimum atomic E-state index is -0.696. The fourth-order valence-corrected chi connectivity index (χ4v) is 3.34. The zero-order valence-electron chi connectivity index (χ0n) is 15.4. The molecule has 30 heavy (non-hydrogen) atoms. The maximum atomic E-state index is 12.7. The van der Waals surface area contributed by atoms with E-state index in [-0.39, 0.29) is 5.56 Å². The summed E-state index contributed by atoms with van der Waals surface area (Å²) in [5, 5.41) is 3.96. The molecule has 1 amide bonds. The average Bonchev–Trinajstić information content (AvgIpc) is 3.16. The van der Waals surface area contributed by atoms with Gasteiger partial charge in [0.15, 0.2) is 5.58 Å². The van der Waals surface area contributed by atoms with E-state index in [1.165, 1.54) is 6.07 Å². The summed E-state index contributed by atoms with van der Waals surface area (Å²) >= 11 is 6.00. The molecule has 0 atom stereocenters. The molecule has 0 aliphatic heterocycles. The van der Waals surface area contributed by atoms with E-state index in [0.29, 0.717) is 44.2 Å². The maximum absolute atomic E-state index is 12.7. The van der Waals surface area contributed by atoms with E-state index in [0.717, 1.165) is 0 Å². The van der Waals surface area contributed by atoms with Crippen LogP contribution < -0.4 is 10.9 Å². The van der Waals surface area contributed by atoms with Crippen LogP contribution in [0.1, 0.15) is 10.4 Å². The molecule has 0 aliphatic rings. The van der Waals surface area contributed by atoms with Crippen molar-refractivity contribution < 1.29 is 13.6 Å². The standard InChI is InChI=1S/C23H13ClN2O4/c24-15-8-9-20-18(12-15)26-22(29-20)14-5-3-6-16(10-14)25-21(27)17-11-13-4-1-2-7-19(13)30-23(17)28/h1-12H,(H,25,27). The first-order valence-corrected chi connectivity index (χ1v) is 9.45. The second-order valence-corrected chi connectivity index (χ2v) is 7.09. The topological polar surface area (TPSA) is 85.3 Å². The van der Waals surface area contributed by atoms with Crippen LogP contribution in [-0.2, 0) is 0 Å². The summed E-state index contributed by atoms with van der Waals surface area (Å²) in [6.45, 7) is 0. The molecule has 0 unspecified atom stereocenters. The average molecular weight is 417 g/mol. The lowest BCUT2D eigenvalue weighted by Gasteiger charge is -2.06. The Hall–Kier alpha value is -3.90. The largest absolute Gasteiger partial charge is 0.436 e. The molecule has 0 radical (unpaired) electrons. The second kappa shape index (κ2) is 7.17. The Balaban J connectivity index is 1.46. The zero-order chi connectivity index (χ0) is 20.7. The molecule has 146 valence electrons. The summed E-state index contributed by atoms with van der Waals surface area (Å²) in [6, 6.07) is 20.7. The van der Waals surface area contributed by atoms with Gasteiger partial charge >= 0.3 is 5.63 Å². The number of halogens is 1. The normalized spacial score (nSPS) is 11.1. The number of nitrogens with one attached hydrogen (secondary N) is 1. The summed E-state index contributed by atoms with van der Waals surface area (Å²) in [6.07, 6.45) is 0. The van der Waals surface area contributed by atoms with Crippen LogP contribution >= 0.6 is 11.6 Å². The third-order valence-electron chi connectivity index (χ3n) is 4.60. The van der Waals surface area contributed by atoms with Gasteiger partial charge in [0.2, 0.25) is 5.89 Å². The van der Waals surface area contributed by atoms with Crippen molar-refractivity contribution in [2.45, 2.75) is 0 Å². The predicted octanol–water partition coefficient (Wildman–Crippen LogP) is 5.51. The minimum Gasteiger partial charge on any atom is -0.436 e. The van der Waals surface area contributed by atoms with Crippen LogP contribution in [0, 0.1) is 0 Å². The van der Waals surface area contributed by atoms with Crippen molar-refractivity contribution in [1.29, 1.82) is 0 Å². The molecule has 0 fully saturated rings. The Morgan fingerprint density at radius 2 is 1.77 bits per heavy atom. The van der Waals surface area contributed by atoms with E-state index in [1.807, 2.05) is 6.07 Å². The fraction of sp³-hybridized carbons (Fsp3) is 0. The van der Waals surface area contributed by atoms with Gasteiger partial charge in [0, 0.05) is 21.7 Å². The highest BCUT2D eigenvalue weighted by atomic mass is 35.5. The first kappa shape index (κ1) is 18.1. The first-order valence-electron chi connectivity index (χ1n) is 9.08. The number of hydrogen-bond donors (Lipinski definition) is 1. The van der Waals surface area contributed by atoms with Gasteiger partial charge in [0.1, 0.15) is 16.7 Å². The molecule has 5 aromatic rings. The molecule has 2 aromatic heterocycles. The quantitative estimate of drug-likeness (QED) is 0.392. The Kier molecular flexibility index (Phi) is 4.34. The predicted molar refractivity (Wildman–Crippen MR) is 115 cm³/mol. The fourth-order valence-electron chi connectivity index (χ4n) is 3.17. The van der Waals surface area contributed by atoms with Crippen LogP contribution in [0.25, 0.3) is 33.5 Å². The summed E-state index contributed by atoms with van der Waals surface area (Å²) in [7, 11) is 0. The molecular weight excluding hydrogens is 404 g/mol.